The van der Waals surface area contributed by atoms with E-state index in [4.69, 9.17) is 0 Å². The Labute approximate surface area is 169 Å². The summed E-state index contributed by atoms with van der Waals surface area (Å²) in [7, 11) is 0. The molecule has 0 aliphatic carbocycles. The molecule has 28 heavy (non-hydrogen) atoms. The van der Waals surface area contributed by atoms with Gasteiger partial charge in [-0.05, 0) is 51.7 Å². The van der Waals surface area contributed by atoms with Crippen molar-refractivity contribution in [3.05, 3.63) is 59.9 Å². The Morgan fingerprint density at radius 2 is 1.50 bits per heavy atom. The summed E-state index contributed by atoms with van der Waals surface area (Å²) >= 11 is 0. The Balaban J connectivity index is 2.31. The third-order valence-electron chi connectivity index (χ3n) is 5.90. The SMILES string of the molecule is CCC(CC)(CC)C(=O)n1ccc(C(=O)N(Cc2ccccc2)C(C)(C)C)c1. The smallest absolute Gasteiger partial charge is 0.256 e. The topological polar surface area (TPSA) is 42.3 Å². The van der Waals surface area contributed by atoms with Gasteiger partial charge >= 0.3 is 0 Å². The largest absolute Gasteiger partial charge is 0.329 e. The molecule has 4 heteroatoms. The van der Waals surface area contributed by atoms with Gasteiger partial charge in [0.15, 0.2) is 0 Å². The van der Waals surface area contributed by atoms with E-state index < -0.39 is 0 Å². The number of amides is 1. The van der Waals surface area contributed by atoms with Crippen LogP contribution in [0.5, 0.6) is 0 Å². The molecule has 0 fully saturated rings. The third kappa shape index (κ3) is 4.54. The first-order valence-corrected chi connectivity index (χ1v) is 10.3. The zero-order valence-corrected chi connectivity index (χ0v) is 18.2. The fraction of sp³-hybridized carbons (Fsp3) is 0.500. The molecular weight excluding hydrogens is 348 g/mol. The summed E-state index contributed by atoms with van der Waals surface area (Å²) in [4.78, 5) is 28.2. The van der Waals surface area contributed by atoms with Crippen LogP contribution in [0.3, 0.4) is 0 Å². The predicted octanol–water partition coefficient (Wildman–Crippen LogP) is 5.79. The molecule has 0 saturated carbocycles. The molecule has 1 amide bonds. The van der Waals surface area contributed by atoms with Crippen molar-refractivity contribution < 1.29 is 9.59 Å². The van der Waals surface area contributed by atoms with Crippen LogP contribution in [0, 0.1) is 5.41 Å². The second-order valence-corrected chi connectivity index (χ2v) is 8.50. The molecule has 0 aliphatic heterocycles. The Morgan fingerprint density at radius 3 is 2.00 bits per heavy atom. The van der Waals surface area contributed by atoms with E-state index in [9.17, 15) is 9.59 Å². The molecule has 2 aromatic rings. The van der Waals surface area contributed by atoms with E-state index >= 15 is 0 Å². The Hall–Kier alpha value is -2.36. The van der Waals surface area contributed by atoms with Gasteiger partial charge in [0.1, 0.15) is 0 Å². The van der Waals surface area contributed by atoms with Gasteiger partial charge in [-0.25, -0.2) is 0 Å². The molecule has 4 nitrogen and oxygen atoms in total. The number of carbonyl (C=O) groups is 2. The van der Waals surface area contributed by atoms with Gasteiger partial charge in [-0.2, -0.15) is 0 Å². The van der Waals surface area contributed by atoms with Crippen LogP contribution >= 0.6 is 0 Å². The average molecular weight is 383 g/mol. The van der Waals surface area contributed by atoms with E-state index in [1.54, 1.807) is 23.0 Å². The molecule has 152 valence electrons. The highest BCUT2D eigenvalue weighted by Crippen LogP contribution is 2.32. The Bertz CT molecular complexity index is 787. The lowest BCUT2D eigenvalue weighted by molar-refractivity contribution is 0.0559. The number of carbonyl (C=O) groups excluding carboxylic acids is 2. The summed E-state index contributed by atoms with van der Waals surface area (Å²) in [6.45, 7) is 12.8. The monoisotopic (exact) mass is 382 g/mol. The number of benzene rings is 1. The van der Waals surface area contributed by atoms with Gasteiger partial charge in [0, 0.05) is 29.9 Å². The summed E-state index contributed by atoms with van der Waals surface area (Å²) < 4.78 is 1.60. The second kappa shape index (κ2) is 8.76. The highest BCUT2D eigenvalue weighted by atomic mass is 16.2. The van der Waals surface area contributed by atoms with Crippen molar-refractivity contribution in [3.8, 4) is 0 Å². The van der Waals surface area contributed by atoms with Gasteiger partial charge in [-0.15, -0.1) is 0 Å². The maximum atomic E-state index is 13.3. The number of aromatic nitrogens is 1. The molecular formula is C24H34N2O2. The highest BCUT2D eigenvalue weighted by molar-refractivity contribution is 5.96. The summed E-state index contributed by atoms with van der Waals surface area (Å²) in [6.07, 6.45) is 5.81. The maximum Gasteiger partial charge on any atom is 0.256 e. The van der Waals surface area contributed by atoms with Crippen molar-refractivity contribution in [1.82, 2.24) is 9.47 Å². The zero-order valence-electron chi connectivity index (χ0n) is 18.2. The molecule has 0 atom stereocenters. The fourth-order valence-corrected chi connectivity index (χ4v) is 3.66. The van der Waals surface area contributed by atoms with Crippen molar-refractivity contribution >= 4 is 11.8 Å². The van der Waals surface area contributed by atoms with Gasteiger partial charge < -0.3 is 4.90 Å². The Morgan fingerprint density at radius 1 is 0.929 bits per heavy atom. The number of nitrogens with zero attached hydrogens (tertiary/aromatic N) is 2. The summed E-state index contributed by atoms with van der Waals surface area (Å²) in [5.74, 6) is 0.0161. The molecule has 0 saturated heterocycles. The van der Waals surface area contributed by atoms with Crippen LogP contribution in [-0.2, 0) is 6.54 Å². The van der Waals surface area contributed by atoms with Crippen molar-refractivity contribution in [2.24, 2.45) is 5.41 Å². The van der Waals surface area contributed by atoms with E-state index in [0.29, 0.717) is 12.1 Å². The van der Waals surface area contributed by atoms with Crippen LogP contribution in [-0.4, -0.2) is 26.8 Å². The maximum absolute atomic E-state index is 13.3. The van der Waals surface area contributed by atoms with E-state index in [2.05, 4.69) is 20.8 Å². The summed E-state index contributed by atoms with van der Waals surface area (Å²) in [5, 5.41) is 0. The molecule has 1 aromatic heterocycles. The van der Waals surface area contributed by atoms with E-state index in [0.717, 1.165) is 24.8 Å². The van der Waals surface area contributed by atoms with E-state index in [-0.39, 0.29) is 22.8 Å². The minimum atomic E-state index is -0.368. The predicted molar refractivity (Wildman–Crippen MR) is 114 cm³/mol. The molecule has 0 aliphatic rings. The number of hydrogen-bond acceptors (Lipinski definition) is 2. The van der Waals surface area contributed by atoms with Crippen LogP contribution < -0.4 is 0 Å². The second-order valence-electron chi connectivity index (χ2n) is 8.50. The van der Waals surface area contributed by atoms with Crippen LogP contribution in [0.15, 0.2) is 48.8 Å². The molecule has 0 spiro atoms. The molecule has 0 unspecified atom stereocenters. The average Bonchev–Trinajstić information content (AvgIpc) is 3.17. The van der Waals surface area contributed by atoms with Gasteiger partial charge in [-0.3, -0.25) is 14.2 Å². The lowest BCUT2D eigenvalue weighted by Crippen LogP contribution is -2.45. The summed E-state index contributed by atoms with van der Waals surface area (Å²) in [5.41, 5.74) is 0.936. The standard InChI is InChI=1S/C24H34N2O2/c1-7-24(8-2,9-3)22(28)25-16-15-20(18-25)21(27)26(23(4,5)6)17-19-13-11-10-12-14-19/h10-16,18H,7-9,17H2,1-6H3. The normalized spacial score (nSPS) is 12.1. The van der Waals surface area contributed by atoms with E-state index in [1.807, 2.05) is 56.0 Å². The first-order chi connectivity index (χ1) is 13.2. The minimum absolute atomic E-state index is 0.0574. The number of rotatable bonds is 7. The van der Waals surface area contributed by atoms with Crippen LogP contribution in [0.1, 0.15) is 81.5 Å². The molecule has 0 N–H and O–H groups in total. The van der Waals surface area contributed by atoms with Crippen molar-refractivity contribution in [1.29, 1.82) is 0 Å². The van der Waals surface area contributed by atoms with Gasteiger partial charge in [0.05, 0.1) is 5.56 Å². The summed E-state index contributed by atoms with van der Waals surface area (Å²) in [6, 6.07) is 11.7. The zero-order chi connectivity index (χ0) is 20.9. The lowest BCUT2D eigenvalue weighted by Gasteiger charge is -2.35. The van der Waals surface area contributed by atoms with Crippen LogP contribution in [0.4, 0.5) is 0 Å². The number of hydrogen-bond donors (Lipinski definition) is 0. The van der Waals surface area contributed by atoms with Crippen molar-refractivity contribution in [2.45, 2.75) is 72.9 Å². The van der Waals surface area contributed by atoms with Gasteiger partial charge in [-0.1, -0.05) is 51.1 Å². The molecule has 1 aromatic carbocycles. The quantitative estimate of drug-likeness (QED) is 0.608. The molecule has 2 rings (SSSR count). The fourth-order valence-electron chi connectivity index (χ4n) is 3.66. The van der Waals surface area contributed by atoms with Crippen LogP contribution in [0.2, 0.25) is 0 Å². The Kier molecular flexibility index (Phi) is 6.87. The van der Waals surface area contributed by atoms with Crippen molar-refractivity contribution in [2.75, 3.05) is 0 Å². The lowest BCUT2D eigenvalue weighted by atomic mass is 9.79. The van der Waals surface area contributed by atoms with E-state index in [1.165, 1.54) is 0 Å². The molecule has 0 radical (unpaired) electrons. The first-order valence-electron chi connectivity index (χ1n) is 10.3. The van der Waals surface area contributed by atoms with Crippen LogP contribution in [0.25, 0.3) is 0 Å². The highest BCUT2D eigenvalue weighted by Gasteiger charge is 2.34. The minimum Gasteiger partial charge on any atom is -0.329 e. The van der Waals surface area contributed by atoms with Crippen molar-refractivity contribution in [3.63, 3.8) is 0 Å². The van der Waals surface area contributed by atoms with Gasteiger partial charge in [0.2, 0.25) is 5.91 Å². The molecule has 1 heterocycles. The van der Waals surface area contributed by atoms with Gasteiger partial charge in [0.25, 0.3) is 5.91 Å². The third-order valence-corrected chi connectivity index (χ3v) is 5.90. The first kappa shape index (κ1) is 21.9. The molecule has 0 bridgehead atoms.